The third-order valence-electron chi connectivity index (χ3n) is 6.69. The van der Waals surface area contributed by atoms with Crippen molar-refractivity contribution in [1.29, 1.82) is 0 Å². The van der Waals surface area contributed by atoms with Crippen LogP contribution in [0.2, 0.25) is 0 Å². The fourth-order valence-electron chi connectivity index (χ4n) is 5.33. The van der Waals surface area contributed by atoms with E-state index in [0.717, 1.165) is 17.8 Å². The van der Waals surface area contributed by atoms with Crippen LogP contribution in [0.25, 0.3) is 21.5 Å². The van der Waals surface area contributed by atoms with Gasteiger partial charge < -0.3 is 11.5 Å². The van der Waals surface area contributed by atoms with Gasteiger partial charge in [0.1, 0.15) is 0 Å². The molecule has 0 atom stereocenters. The van der Waals surface area contributed by atoms with Gasteiger partial charge >= 0.3 is 0 Å². The topological polar surface area (TPSA) is 52.0 Å². The first-order valence-electron chi connectivity index (χ1n) is 10.3. The van der Waals surface area contributed by atoms with Gasteiger partial charge in [-0.3, -0.25) is 0 Å². The molecule has 1 aliphatic rings. The van der Waals surface area contributed by atoms with E-state index in [1.54, 1.807) is 0 Å². The molecule has 0 aromatic heterocycles. The molecule has 144 valence electrons. The molecule has 0 fully saturated rings. The molecule has 0 saturated carbocycles. The Hall–Kier alpha value is -3.78. The summed E-state index contributed by atoms with van der Waals surface area (Å²) in [6.07, 6.45) is 0.897. The summed E-state index contributed by atoms with van der Waals surface area (Å²) in [6, 6.07) is 34.6. The number of benzene rings is 5. The van der Waals surface area contributed by atoms with E-state index in [2.05, 4.69) is 72.8 Å². The van der Waals surface area contributed by atoms with Crippen LogP contribution in [-0.2, 0) is 11.8 Å². The summed E-state index contributed by atoms with van der Waals surface area (Å²) < 4.78 is 0. The Labute approximate surface area is 175 Å². The summed E-state index contributed by atoms with van der Waals surface area (Å²) in [4.78, 5) is 0. The lowest BCUT2D eigenvalue weighted by molar-refractivity contribution is 0.616. The van der Waals surface area contributed by atoms with Gasteiger partial charge in [0.05, 0.1) is 0 Å². The van der Waals surface area contributed by atoms with Crippen LogP contribution in [0.4, 0.5) is 11.4 Å². The van der Waals surface area contributed by atoms with E-state index in [9.17, 15) is 0 Å². The van der Waals surface area contributed by atoms with Gasteiger partial charge in [-0.1, -0.05) is 72.8 Å². The third-order valence-corrected chi connectivity index (χ3v) is 6.69. The maximum absolute atomic E-state index is 6.06. The average molecular weight is 386 g/mol. The first kappa shape index (κ1) is 17.1. The van der Waals surface area contributed by atoms with Gasteiger partial charge in [-0.05, 0) is 74.5 Å². The molecule has 2 heteroatoms. The quantitative estimate of drug-likeness (QED) is 0.287. The number of hydrogen-bond acceptors (Lipinski definition) is 2. The van der Waals surface area contributed by atoms with Crippen molar-refractivity contribution in [1.82, 2.24) is 0 Å². The number of rotatable bonds is 2. The molecule has 0 heterocycles. The second-order valence-corrected chi connectivity index (χ2v) is 8.31. The number of nitrogen functional groups attached to an aromatic ring is 2. The first-order valence-corrected chi connectivity index (χ1v) is 10.3. The van der Waals surface area contributed by atoms with Crippen molar-refractivity contribution in [2.24, 2.45) is 0 Å². The summed E-state index contributed by atoms with van der Waals surface area (Å²) in [6.45, 7) is 0. The van der Waals surface area contributed by atoms with Crippen molar-refractivity contribution >= 4 is 32.9 Å². The summed E-state index contributed by atoms with van der Waals surface area (Å²) >= 11 is 0. The largest absolute Gasteiger partial charge is 0.399 e. The van der Waals surface area contributed by atoms with Crippen molar-refractivity contribution in [2.75, 3.05) is 11.5 Å². The predicted octanol–water partition coefficient (Wildman–Crippen LogP) is 6.05. The van der Waals surface area contributed by atoms with Gasteiger partial charge in [-0.25, -0.2) is 0 Å². The molecule has 1 aliphatic carbocycles. The fourth-order valence-corrected chi connectivity index (χ4v) is 5.33. The molecule has 0 saturated heterocycles. The second-order valence-electron chi connectivity index (χ2n) is 8.31. The van der Waals surface area contributed by atoms with Crippen LogP contribution >= 0.6 is 0 Å². The van der Waals surface area contributed by atoms with E-state index in [-0.39, 0.29) is 5.41 Å². The zero-order valence-electron chi connectivity index (χ0n) is 16.6. The standard InChI is InChI=1S/C28H22N2/c29-23-13-9-21(10-14-23)28(22-11-15-24(30)16-12-22)17-20-5-1-3-18-7-8-19-4-2-6-25(28)27(19)26(18)20/h1-16H,17,29-30H2. The van der Waals surface area contributed by atoms with Crippen LogP contribution in [0, 0.1) is 0 Å². The summed E-state index contributed by atoms with van der Waals surface area (Å²) in [5.41, 5.74) is 18.6. The molecule has 2 nitrogen and oxygen atoms in total. The smallest absolute Gasteiger partial charge is 0.0498 e. The Morgan fingerprint density at radius 2 is 1.07 bits per heavy atom. The molecule has 0 unspecified atom stereocenters. The molecule has 0 amide bonds. The van der Waals surface area contributed by atoms with Crippen LogP contribution < -0.4 is 11.5 Å². The van der Waals surface area contributed by atoms with Crippen LogP contribution in [-0.4, -0.2) is 0 Å². The Morgan fingerprint density at radius 3 is 1.67 bits per heavy atom. The van der Waals surface area contributed by atoms with Crippen molar-refractivity contribution < 1.29 is 0 Å². The highest BCUT2D eigenvalue weighted by atomic mass is 14.5. The van der Waals surface area contributed by atoms with Crippen LogP contribution in [0.15, 0.2) is 97.1 Å². The van der Waals surface area contributed by atoms with E-state index in [0.29, 0.717) is 0 Å². The molecule has 5 aromatic carbocycles. The molecule has 0 bridgehead atoms. The maximum Gasteiger partial charge on any atom is 0.0498 e. The maximum atomic E-state index is 6.06. The van der Waals surface area contributed by atoms with E-state index < -0.39 is 0 Å². The van der Waals surface area contributed by atoms with Gasteiger partial charge in [-0.2, -0.15) is 0 Å². The molecule has 0 spiro atoms. The molecule has 0 radical (unpaired) electrons. The van der Waals surface area contributed by atoms with Crippen molar-refractivity contribution in [3.63, 3.8) is 0 Å². The average Bonchev–Trinajstić information content (AvgIpc) is 2.78. The fraction of sp³-hybridized carbons (Fsp3) is 0.0714. The monoisotopic (exact) mass is 386 g/mol. The lowest BCUT2D eigenvalue weighted by Crippen LogP contribution is -2.34. The number of nitrogens with two attached hydrogens (primary N) is 2. The lowest BCUT2D eigenvalue weighted by Gasteiger charge is -2.40. The van der Waals surface area contributed by atoms with Gasteiger partial charge in [0, 0.05) is 16.8 Å². The van der Waals surface area contributed by atoms with Gasteiger partial charge in [-0.15, -0.1) is 0 Å². The van der Waals surface area contributed by atoms with Gasteiger partial charge in [0.25, 0.3) is 0 Å². The molecular formula is C28H22N2. The summed E-state index contributed by atoms with van der Waals surface area (Å²) in [5.74, 6) is 0. The first-order chi connectivity index (χ1) is 14.7. The van der Waals surface area contributed by atoms with Crippen molar-refractivity contribution in [3.8, 4) is 0 Å². The minimum Gasteiger partial charge on any atom is -0.399 e. The Morgan fingerprint density at radius 1 is 0.533 bits per heavy atom. The highest BCUT2D eigenvalue weighted by Crippen LogP contribution is 2.50. The summed E-state index contributed by atoms with van der Waals surface area (Å²) in [7, 11) is 0. The molecule has 6 rings (SSSR count). The SMILES string of the molecule is Nc1ccc(C2(c3ccc(N)cc3)Cc3cccc4ccc5cccc2c5c34)cc1. The minimum absolute atomic E-state index is 0.302. The second kappa shape index (κ2) is 6.11. The minimum atomic E-state index is -0.302. The lowest BCUT2D eigenvalue weighted by atomic mass is 9.62. The highest BCUT2D eigenvalue weighted by molar-refractivity contribution is 6.12. The Kier molecular flexibility index (Phi) is 3.48. The van der Waals surface area contributed by atoms with E-state index in [1.165, 1.54) is 43.8 Å². The van der Waals surface area contributed by atoms with Crippen LogP contribution in [0.3, 0.4) is 0 Å². The zero-order valence-corrected chi connectivity index (χ0v) is 16.6. The normalized spacial score (nSPS) is 14.4. The predicted molar refractivity (Wildman–Crippen MR) is 127 cm³/mol. The highest BCUT2D eigenvalue weighted by Gasteiger charge is 2.41. The molecule has 0 aliphatic heterocycles. The Balaban J connectivity index is 1.80. The van der Waals surface area contributed by atoms with Crippen LogP contribution in [0.1, 0.15) is 22.3 Å². The molecule has 5 aromatic rings. The van der Waals surface area contributed by atoms with E-state index in [4.69, 9.17) is 11.5 Å². The van der Waals surface area contributed by atoms with Gasteiger partial charge in [0.15, 0.2) is 0 Å². The van der Waals surface area contributed by atoms with E-state index in [1.807, 2.05) is 24.3 Å². The molecular weight excluding hydrogens is 364 g/mol. The number of hydrogen-bond donors (Lipinski definition) is 2. The molecule has 30 heavy (non-hydrogen) atoms. The van der Waals surface area contributed by atoms with Gasteiger partial charge in [0.2, 0.25) is 0 Å². The van der Waals surface area contributed by atoms with Crippen molar-refractivity contribution in [3.05, 3.63) is 119 Å². The molecule has 4 N–H and O–H groups in total. The zero-order chi connectivity index (χ0) is 20.3. The Bertz CT molecular complexity index is 1370. The van der Waals surface area contributed by atoms with E-state index >= 15 is 0 Å². The summed E-state index contributed by atoms with van der Waals surface area (Å²) in [5, 5.41) is 5.32. The number of anilines is 2. The van der Waals surface area contributed by atoms with Crippen LogP contribution in [0.5, 0.6) is 0 Å². The third kappa shape index (κ3) is 2.25. The van der Waals surface area contributed by atoms with Crippen molar-refractivity contribution in [2.45, 2.75) is 11.8 Å².